The van der Waals surface area contributed by atoms with E-state index >= 15 is 0 Å². The zero-order valence-electron chi connectivity index (χ0n) is 17.9. The van der Waals surface area contributed by atoms with Gasteiger partial charge < -0.3 is 19.5 Å². The third-order valence-corrected chi connectivity index (χ3v) is 4.26. The average molecular weight is 473 g/mol. The molecule has 0 bridgehead atoms. The molecule has 180 valence electrons. The van der Waals surface area contributed by atoms with Crippen LogP contribution in [0.4, 0.5) is 28.2 Å². The quantitative estimate of drug-likeness (QED) is 0.656. The molecule has 1 aromatic heterocycles. The van der Waals surface area contributed by atoms with Crippen LogP contribution >= 0.6 is 0 Å². The van der Waals surface area contributed by atoms with Gasteiger partial charge in [-0.2, -0.15) is 13.2 Å². The second kappa shape index (κ2) is 11.5. The number of hydrogen-bond acceptors (Lipinski definition) is 5. The van der Waals surface area contributed by atoms with Crippen LogP contribution in [0.2, 0.25) is 0 Å². The van der Waals surface area contributed by atoms with Crippen LogP contribution in [0, 0.1) is 19.7 Å². The van der Waals surface area contributed by atoms with Crippen molar-refractivity contribution in [2.75, 3.05) is 31.6 Å². The van der Waals surface area contributed by atoms with E-state index in [9.17, 15) is 22.4 Å². The van der Waals surface area contributed by atoms with E-state index in [4.69, 9.17) is 19.4 Å². The molecule has 1 aliphatic heterocycles. The van der Waals surface area contributed by atoms with Gasteiger partial charge in [0.1, 0.15) is 18.5 Å². The highest BCUT2D eigenvalue weighted by Crippen LogP contribution is 2.17. The predicted molar refractivity (Wildman–Crippen MR) is 110 cm³/mol. The fourth-order valence-corrected chi connectivity index (χ4v) is 2.84. The summed E-state index contributed by atoms with van der Waals surface area (Å²) in [4.78, 5) is 27.3. The number of amides is 2. The van der Waals surface area contributed by atoms with E-state index in [1.165, 1.54) is 6.07 Å². The molecule has 12 heteroatoms. The van der Waals surface area contributed by atoms with Crippen LogP contribution in [0.1, 0.15) is 11.3 Å². The van der Waals surface area contributed by atoms with Crippen LogP contribution in [0.5, 0.6) is 5.75 Å². The third kappa shape index (κ3) is 8.56. The molecule has 0 aliphatic carbocycles. The van der Waals surface area contributed by atoms with Gasteiger partial charge in [0, 0.05) is 12.2 Å². The van der Waals surface area contributed by atoms with Crippen molar-refractivity contribution >= 4 is 17.8 Å². The van der Waals surface area contributed by atoms with Gasteiger partial charge in [-0.05, 0) is 43.7 Å². The largest absolute Gasteiger partial charge is 0.490 e. The summed E-state index contributed by atoms with van der Waals surface area (Å²) in [5.41, 5.74) is 1.88. The van der Waals surface area contributed by atoms with E-state index < -0.39 is 18.0 Å². The van der Waals surface area contributed by atoms with E-state index in [2.05, 4.69) is 10.3 Å². The number of rotatable bonds is 4. The number of pyridine rings is 1. The van der Waals surface area contributed by atoms with Gasteiger partial charge in [0.25, 0.3) is 0 Å². The fraction of sp³-hybridized carbons (Fsp3) is 0.381. The van der Waals surface area contributed by atoms with Crippen LogP contribution in [0.15, 0.2) is 36.4 Å². The molecule has 1 saturated heterocycles. The van der Waals surface area contributed by atoms with Crippen LogP contribution in [-0.2, 0) is 9.53 Å². The molecule has 1 fully saturated rings. The Morgan fingerprint density at radius 3 is 2.55 bits per heavy atom. The minimum atomic E-state index is -5.08. The Bertz CT molecular complexity index is 951. The molecule has 2 amide bonds. The van der Waals surface area contributed by atoms with Crippen molar-refractivity contribution in [1.29, 1.82) is 0 Å². The standard InChI is InChI=1S/C19H22FN3O3.C2HF3O2/c1-13-9-14(2)21-18(10-13)22-19(24)23-7-8-25-15(11-23)12-26-17-6-4-3-5-16(17)20;3-2(4,5)1(6)7/h3-6,9-10,15H,7-8,11-12H2,1-2H3,(H,21,22,24);(H,6,7). The van der Waals surface area contributed by atoms with Crippen molar-refractivity contribution in [2.45, 2.75) is 26.1 Å². The van der Waals surface area contributed by atoms with Gasteiger partial charge in [0.05, 0.1) is 13.2 Å². The molecule has 1 unspecified atom stereocenters. The molecule has 33 heavy (non-hydrogen) atoms. The van der Waals surface area contributed by atoms with Gasteiger partial charge in [-0.25, -0.2) is 19.0 Å². The first-order valence-corrected chi connectivity index (χ1v) is 9.76. The summed E-state index contributed by atoms with van der Waals surface area (Å²) < 4.78 is 56.5. The molecule has 1 atom stereocenters. The zero-order chi connectivity index (χ0) is 24.6. The van der Waals surface area contributed by atoms with Crippen LogP contribution < -0.4 is 10.1 Å². The monoisotopic (exact) mass is 473 g/mol. The molecule has 8 nitrogen and oxygen atoms in total. The first kappa shape index (κ1) is 25.8. The number of urea groups is 1. The van der Waals surface area contributed by atoms with Gasteiger partial charge in [0.2, 0.25) is 0 Å². The number of morpholine rings is 1. The van der Waals surface area contributed by atoms with Crippen molar-refractivity contribution in [3.63, 3.8) is 0 Å². The van der Waals surface area contributed by atoms with Crippen LogP contribution in [-0.4, -0.2) is 65.6 Å². The van der Waals surface area contributed by atoms with E-state index in [0.717, 1.165) is 11.3 Å². The molecule has 2 heterocycles. The Morgan fingerprint density at radius 1 is 1.27 bits per heavy atom. The van der Waals surface area contributed by atoms with Crippen molar-refractivity contribution in [3.8, 4) is 5.75 Å². The minimum absolute atomic E-state index is 0.173. The molecular formula is C21H23F4N3O5. The first-order valence-electron chi connectivity index (χ1n) is 9.76. The maximum absolute atomic E-state index is 13.6. The van der Waals surface area contributed by atoms with Crippen molar-refractivity contribution < 1.29 is 41.7 Å². The number of carbonyl (C=O) groups excluding carboxylic acids is 1. The summed E-state index contributed by atoms with van der Waals surface area (Å²) >= 11 is 0. The Labute approximate surface area is 187 Å². The minimum Gasteiger partial charge on any atom is -0.488 e. The third-order valence-electron chi connectivity index (χ3n) is 4.26. The number of nitrogens with one attached hydrogen (secondary N) is 1. The number of carbonyl (C=O) groups is 2. The number of anilines is 1. The Morgan fingerprint density at radius 2 is 1.94 bits per heavy atom. The molecule has 1 aliphatic rings. The van der Waals surface area contributed by atoms with Gasteiger partial charge in [-0.1, -0.05) is 12.1 Å². The van der Waals surface area contributed by atoms with Crippen molar-refractivity contribution in [1.82, 2.24) is 9.88 Å². The number of halogens is 4. The van der Waals surface area contributed by atoms with Crippen LogP contribution in [0.3, 0.4) is 0 Å². The summed E-state index contributed by atoms with van der Waals surface area (Å²) in [6.07, 6.45) is -5.40. The lowest BCUT2D eigenvalue weighted by Crippen LogP contribution is -2.49. The Hall–Kier alpha value is -3.41. The lowest BCUT2D eigenvalue weighted by Gasteiger charge is -2.32. The maximum atomic E-state index is 13.6. The molecule has 1 aromatic carbocycles. The highest BCUT2D eigenvalue weighted by atomic mass is 19.4. The summed E-state index contributed by atoms with van der Waals surface area (Å²) in [6.45, 7) is 5.26. The van der Waals surface area contributed by atoms with E-state index in [-0.39, 0.29) is 24.5 Å². The topological polar surface area (TPSA) is 101 Å². The smallest absolute Gasteiger partial charge is 0.488 e. The second-order valence-corrected chi connectivity index (χ2v) is 7.08. The van der Waals surface area contributed by atoms with Gasteiger partial charge in [-0.15, -0.1) is 0 Å². The zero-order valence-corrected chi connectivity index (χ0v) is 17.9. The number of hydrogen-bond donors (Lipinski definition) is 2. The Kier molecular flexibility index (Phi) is 8.97. The van der Waals surface area contributed by atoms with E-state index in [1.807, 2.05) is 26.0 Å². The average Bonchev–Trinajstić information content (AvgIpc) is 2.72. The molecule has 0 saturated carbocycles. The molecule has 0 spiro atoms. The number of ether oxygens (including phenoxy) is 2. The van der Waals surface area contributed by atoms with Gasteiger partial charge >= 0.3 is 18.2 Å². The summed E-state index contributed by atoms with van der Waals surface area (Å²) in [5, 5.41) is 9.94. The highest BCUT2D eigenvalue weighted by Gasteiger charge is 2.38. The van der Waals surface area contributed by atoms with Gasteiger partial charge in [-0.3, -0.25) is 5.32 Å². The summed E-state index contributed by atoms with van der Waals surface area (Å²) in [6, 6.07) is 9.75. The van der Waals surface area contributed by atoms with E-state index in [1.54, 1.807) is 23.1 Å². The number of aryl methyl sites for hydroxylation is 2. The number of aromatic nitrogens is 1. The number of alkyl halides is 3. The molecule has 2 aromatic rings. The van der Waals surface area contributed by atoms with Crippen molar-refractivity contribution in [3.05, 3.63) is 53.5 Å². The SMILES string of the molecule is Cc1cc(C)nc(NC(=O)N2CCOC(COc3ccccc3F)C2)c1.O=C(O)C(F)(F)F. The molecule has 2 N–H and O–H groups in total. The number of para-hydroxylation sites is 1. The number of nitrogens with zero attached hydrogens (tertiary/aromatic N) is 2. The number of carboxylic acid groups (broad SMARTS) is 1. The van der Waals surface area contributed by atoms with Crippen molar-refractivity contribution in [2.24, 2.45) is 0 Å². The fourth-order valence-electron chi connectivity index (χ4n) is 2.84. The molecule has 0 radical (unpaired) electrons. The second-order valence-electron chi connectivity index (χ2n) is 7.08. The van der Waals surface area contributed by atoms with E-state index in [0.29, 0.717) is 25.5 Å². The number of aliphatic carboxylic acids is 1. The lowest BCUT2D eigenvalue weighted by atomic mass is 10.2. The predicted octanol–water partition coefficient (Wildman–Crippen LogP) is 3.78. The summed E-state index contributed by atoms with van der Waals surface area (Å²) in [7, 11) is 0. The normalized spacial score (nSPS) is 15.8. The van der Waals surface area contributed by atoms with Crippen LogP contribution in [0.25, 0.3) is 0 Å². The highest BCUT2D eigenvalue weighted by molar-refractivity contribution is 5.88. The Balaban J connectivity index is 0.000000479. The van der Waals surface area contributed by atoms with Gasteiger partial charge in [0.15, 0.2) is 11.6 Å². The first-order chi connectivity index (χ1) is 15.5. The number of carboxylic acids is 1. The maximum Gasteiger partial charge on any atom is 0.490 e. The lowest BCUT2D eigenvalue weighted by molar-refractivity contribution is -0.192. The summed E-state index contributed by atoms with van der Waals surface area (Å²) in [5.74, 6) is -2.47. The molecular weight excluding hydrogens is 450 g/mol. The molecule has 3 rings (SSSR count). The number of benzene rings is 1.